The summed E-state index contributed by atoms with van der Waals surface area (Å²) < 4.78 is 28.2. The van der Waals surface area contributed by atoms with Crippen LogP contribution in [0.3, 0.4) is 0 Å². The van der Waals surface area contributed by atoms with Crippen molar-refractivity contribution >= 4 is 58.9 Å². The van der Waals surface area contributed by atoms with Crippen LogP contribution in [0, 0.1) is 0 Å². The lowest BCUT2D eigenvalue weighted by atomic mass is 10.3. The molecule has 0 atom stereocenters. The molecular formula is C11H10Br2N2O2S2. The van der Waals surface area contributed by atoms with Crippen molar-refractivity contribution in [1.29, 1.82) is 0 Å². The Balaban J connectivity index is 2.29. The molecule has 1 aromatic heterocycles. The standard InChI is InChI=1S/C11H10Br2N2O2S2/c12-8-3-9(13)11(10(14)4-8)19(16,17)15-5-7-1-2-18-6-7/h1-4,6,15H,5,14H2. The number of hydrogen-bond donors (Lipinski definition) is 2. The van der Waals surface area contributed by atoms with Crippen molar-refractivity contribution in [2.75, 3.05) is 5.73 Å². The zero-order valence-electron chi connectivity index (χ0n) is 9.56. The maximum absolute atomic E-state index is 12.2. The predicted octanol–water partition coefficient (Wildman–Crippen LogP) is 3.33. The van der Waals surface area contributed by atoms with Crippen molar-refractivity contribution in [1.82, 2.24) is 4.72 Å². The highest BCUT2D eigenvalue weighted by atomic mass is 79.9. The molecule has 8 heteroatoms. The minimum absolute atomic E-state index is 0.0610. The average molecular weight is 426 g/mol. The number of rotatable bonds is 4. The maximum atomic E-state index is 12.2. The number of nitrogens with two attached hydrogens (primary N) is 1. The molecule has 4 nitrogen and oxygen atoms in total. The second-order valence-electron chi connectivity index (χ2n) is 3.76. The molecule has 0 unspecified atom stereocenters. The first-order valence-corrected chi connectivity index (χ1v) is 9.16. The van der Waals surface area contributed by atoms with E-state index in [1.165, 1.54) is 11.3 Å². The van der Waals surface area contributed by atoms with E-state index in [9.17, 15) is 8.42 Å². The molecule has 19 heavy (non-hydrogen) atoms. The first-order valence-electron chi connectivity index (χ1n) is 5.15. The normalized spacial score (nSPS) is 11.7. The molecule has 0 bridgehead atoms. The molecule has 2 rings (SSSR count). The molecule has 0 fully saturated rings. The fourth-order valence-corrected chi connectivity index (χ4v) is 5.26. The Labute approximate surface area is 132 Å². The van der Waals surface area contributed by atoms with Crippen molar-refractivity contribution in [2.24, 2.45) is 0 Å². The van der Waals surface area contributed by atoms with Gasteiger partial charge in [-0.15, -0.1) is 0 Å². The van der Waals surface area contributed by atoms with Gasteiger partial charge in [-0.1, -0.05) is 15.9 Å². The SMILES string of the molecule is Nc1cc(Br)cc(Br)c1S(=O)(=O)NCc1ccsc1. The quantitative estimate of drug-likeness (QED) is 0.737. The van der Waals surface area contributed by atoms with Crippen LogP contribution >= 0.6 is 43.2 Å². The summed E-state index contributed by atoms with van der Waals surface area (Å²) in [5.74, 6) is 0. The van der Waals surface area contributed by atoms with Gasteiger partial charge in [-0.3, -0.25) is 0 Å². The number of nitrogen functional groups attached to an aromatic ring is 1. The Bertz CT molecular complexity index is 662. The smallest absolute Gasteiger partial charge is 0.244 e. The number of anilines is 1. The largest absolute Gasteiger partial charge is 0.398 e. The molecule has 0 saturated carbocycles. The first kappa shape index (κ1) is 15.0. The lowest BCUT2D eigenvalue weighted by molar-refractivity contribution is 0.581. The fraction of sp³-hybridized carbons (Fsp3) is 0.0909. The monoisotopic (exact) mass is 424 g/mol. The molecule has 1 aromatic carbocycles. The molecule has 0 aliphatic carbocycles. The summed E-state index contributed by atoms with van der Waals surface area (Å²) >= 11 is 8.01. The topological polar surface area (TPSA) is 72.2 Å². The second-order valence-corrected chi connectivity index (χ2v) is 8.02. The van der Waals surface area contributed by atoms with Crippen LogP contribution in [-0.4, -0.2) is 8.42 Å². The van der Waals surface area contributed by atoms with Gasteiger partial charge in [0.2, 0.25) is 10.0 Å². The molecule has 0 radical (unpaired) electrons. The summed E-state index contributed by atoms with van der Waals surface area (Å²) in [4.78, 5) is 0.0610. The third-order valence-electron chi connectivity index (χ3n) is 2.35. The van der Waals surface area contributed by atoms with Crippen molar-refractivity contribution in [3.05, 3.63) is 43.5 Å². The van der Waals surface area contributed by atoms with Crippen molar-refractivity contribution in [3.63, 3.8) is 0 Å². The molecular weight excluding hydrogens is 416 g/mol. The van der Waals surface area contributed by atoms with Gasteiger partial charge >= 0.3 is 0 Å². The molecule has 0 saturated heterocycles. The van der Waals surface area contributed by atoms with E-state index >= 15 is 0 Å². The van der Waals surface area contributed by atoms with Crippen LogP contribution in [0.25, 0.3) is 0 Å². The molecule has 0 amide bonds. The Morgan fingerprint density at radius 1 is 1.32 bits per heavy atom. The van der Waals surface area contributed by atoms with Gasteiger partial charge in [0.25, 0.3) is 0 Å². The minimum Gasteiger partial charge on any atom is -0.398 e. The van der Waals surface area contributed by atoms with Crippen LogP contribution < -0.4 is 10.5 Å². The molecule has 1 heterocycles. The summed E-state index contributed by atoms with van der Waals surface area (Å²) in [7, 11) is -3.65. The number of benzene rings is 1. The molecule has 0 spiro atoms. The van der Waals surface area contributed by atoms with Crippen LogP contribution in [-0.2, 0) is 16.6 Å². The summed E-state index contributed by atoms with van der Waals surface area (Å²) in [5, 5.41) is 3.79. The molecule has 3 N–H and O–H groups in total. The van der Waals surface area contributed by atoms with Gasteiger partial charge < -0.3 is 5.73 Å². The van der Waals surface area contributed by atoms with E-state index in [0.29, 0.717) is 8.95 Å². The van der Waals surface area contributed by atoms with Gasteiger partial charge in [0.1, 0.15) is 4.90 Å². The van der Waals surface area contributed by atoms with E-state index in [0.717, 1.165) is 5.56 Å². The number of hydrogen-bond acceptors (Lipinski definition) is 4. The molecule has 0 aliphatic rings. The van der Waals surface area contributed by atoms with Gasteiger partial charge in [-0.2, -0.15) is 11.3 Å². The van der Waals surface area contributed by atoms with E-state index < -0.39 is 10.0 Å². The number of thiophene rings is 1. The van der Waals surface area contributed by atoms with E-state index in [1.54, 1.807) is 12.1 Å². The predicted molar refractivity (Wildman–Crippen MR) is 84.6 cm³/mol. The highest BCUT2D eigenvalue weighted by Crippen LogP contribution is 2.31. The third kappa shape index (κ3) is 3.57. The zero-order chi connectivity index (χ0) is 14.0. The van der Waals surface area contributed by atoms with Gasteiger partial charge in [0, 0.05) is 15.5 Å². The number of halogens is 2. The Hall–Kier alpha value is -0.410. The summed E-state index contributed by atoms with van der Waals surface area (Å²) in [5.41, 5.74) is 6.89. The Morgan fingerprint density at radius 2 is 2.05 bits per heavy atom. The van der Waals surface area contributed by atoms with Gasteiger partial charge in [-0.05, 0) is 50.5 Å². The number of nitrogens with one attached hydrogen (secondary N) is 1. The fourth-order valence-electron chi connectivity index (χ4n) is 1.51. The van der Waals surface area contributed by atoms with Crippen LogP contribution in [0.1, 0.15) is 5.56 Å². The van der Waals surface area contributed by atoms with E-state index in [4.69, 9.17) is 5.73 Å². The molecule has 0 aliphatic heterocycles. The number of sulfonamides is 1. The third-order valence-corrected chi connectivity index (χ3v) is 5.95. The lowest BCUT2D eigenvalue weighted by Crippen LogP contribution is -2.24. The van der Waals surface area contributed by atoms with Crippen molar-refractivity contribution in [2.45, 2.75) is 11.4 Å². The molecule has 2 aromatic rings. The van der Waals surface area contributed by atoms with Crippen LogP contribution in [0.5, 0.6) is 0 Å². The summed E-state index contributed by atoms with van der Waals surface area (Å²) in [6.07, 6.45) is 0. The van der Waals surface area contributed by atoms with Gasteiger partial charge in [0.05, 0.1) is 5.69 Å². The van der Waals surface area contributed by atoms with Crippen LogP contribution in [0.15, 0.2) is 42.8 Å². The summed E-state index contributed by atoms with van der Waals surface area (Å²) in [6, 6.07) is 5.08. The highest BCUT2D eigenvalue weighted by Gasteiger charge is 2.21. The minimum atomic E-state index is -3.65. The Kier molecular flexibility index (Phi) is 4.67. The molecule has 102 valence electrons. The zero-order valence-corrected chi connectivity index (χ0v) is 14.4. The lowest BCUT2D eigenvalue weighted by Gasteiger charge is -2.11. The first-order chi connectivity index (χ1) is 8.90. The van der Waals surface area contributed by atoms with Crippen LogP contribution in [0.4, 0.5) is 5.69 Å². The maximum Gasteiger partial charge on any atom is 0.244 e. The average Bonchev–Trinajstić information content (AvgIpc) is 2.77. The van der Waals surface area contributed by atoms with Gasteiger partial charge in [-0.25, -0.2) is 13.1 Å². The summed E-state index contributed by atoms with van der Waals surface area (Å²) in [6.45, 7) is 0.244. The highest BCUT2D eigenvalue weighted by molar-refractivity contribution is 9.11. The Morgan fingerprint density at radius 3 is 2.63 bits per heavy atom. The van der Waals surface area contributed by atoms with E-state index in [-0.39, 0.29) is 17.1 Å². The van der Waals surface area contributed by atoms with Gasteiger partial charge in [0.15, 0.2) is 0 Å². The van der Waals surface area contributed by atoms with Crippen molar-refractivity contribution in [3.8, 4) is 0 Å². The van der Waals surface area contributed by atoms with Crippen LogP contribution in [0.2, 0.25) is 0 Å². The second kappa shape index (κ2) is 5.92. The van der Waals surface area contributed by atoms with Crippen molar-refractivity contribution < 1.29 is 8.42 Å². The van der Waals surface area contributed by atoms with E-state index in [1.807, 2.05) is 16.8 Å². The van der Waals surface area contributed by atoms with E-state index in [2.05, 4.69) is 36.6 Å².